The molecule has 0 saturated heterocycles. The summed E-state index contributed by atoms with van der Waals surface area (Å²) in [6, 6.07) is 21.0. The number of benzene rings is 3. The molecule has 0 aliphatic heterocycles. The largest absolute Gasteiger partial charge is 0.457 e. The van der Waals surface area contributed by atoms with Gasteiger partial charge in [-0.05, 0) is 49.4 Å². The predicted molar refractivity (Wildman–Crippen MR) is 114 cm³/mol. The third-order valence-electron chi connectivity index (χ3n) is 4.45. The molecule has 0 amide bonds. The Balaban J connectivity index is 1.71. The van der Waals surface area contributed by atoms with E-state index in [9.17, 15) is 4.21 Å². The van der Waals surface area contributed by atoms with Crippen molar-refractivity contribution in [1.82, 2.24) is 9.55 Å². The fourth-order valence-corrected chi connectivity index (χ4v) is 4.20. The Morgan fingerprint density at radius 2 is 1.75 bits per heavy atom. The lowest BCUT2D eigenvalue weighted by Crippen LogP contribution is -1.97. The highest BCUT2D eigenvalue weighted by molar-refractivity contribution is 7.85. The summed E-state index contributed by atoms with van der Waals surface area (Å²) in [6.45, 7) is 3.85. The van der Waals surface area contributed by atoms with Crippen LogP contribution in [0.15, 0.2) is 71.6 Å². The Kier molecular flexibility index (Phi) is 5.20. The quantitative estimate of drug-likeness (QED) is 0.411. The lowest BCUT2D eigenvalue weighted by molar-refractivity contribution is 0.481. The van der Waals surface area contributed by atoms with Crippen molar-refractivity contribution < 1.29 is 8.95 Å². The number of hydrogen-bond acceptors (Lipinski definition) is 3. The Morgan fingerprint density at radius 3 is 2.54 bits per heavy atom. The van der Waals surface area contributed by atoms with Crippen molar-refractivity contribution in [1.29, 1.82) is 0 Å². The zero-order chi connectivity index (χ0) is 19.7. The van der Waals surface area contributed by atoms with Crippen LogP contribution in [-0.2, 0) is 10.8 Å². The van der Waals surface area contributed by atoms with E-state index in [0.29, 0.717) is 22.3 Å². The van der Waals surface area contributed by atoms with Gasteiger partial charge in [-0.25, -0.2) is 4.98 Å². The topological polar surface area (TPSA) is 44.1 Å². The molecule has 0 radical (unpaired) electrons. The minimum absolute atomic E-state index is 0.578. The number of nitrogens with zero attached hydrogens (tertiary/aromatic N) is 2. The first kappa shape index (κ1) is 18.7. The maximum Gasteiger partial charge on any atom is 0.129 e. The summed E-state index contributed by atoms with van der Waals surface area (Å²) >= 11 is 6.30. The van der Waals surface area contributed by atoms with E-state index in [1.807, 2.05) is 80.6 Å². The smallest absolute Gasteiger partial charge is 0.129 e. The predicted octanol–water partition coefficient (Wildman–Crippen LogP) is 5.91. The average Bonchev–Trinajstić information content (AvgIpc) is 3.05. The van der Waals surface area contributed by atoms with Crippen LogP contribution in [-0.4, -0.2) is 19.5 Å². The molecule has 1 atom stereocenters. The van der Waals surface area contributed by atoms with E-state index in [0.717, 1.165) is 27.4 Å². The van der Waals surface area contributed by atoms with E-state index < -0.39 is 10.8 Å². The van der Waals surface area contributed by atoms with E-state index in [2.05, 4.69) is 9.55 Å². The molecule has 0 aliphatic rings. The molecule has 28 heavy (non-hydrogen) atoms. The van der Waals surface area contributed by atoms with Crippen molar-refractivity contribution in [3.05, 3.63) is 77.6 Å². The van der Waals surface area contributed by atoms with Crippen molar-refractivity contribution in [2.24, 2.45) is 0 Å². The summed E-state index contributed by atoms with van der Waals surface area (Å²) in [4.78, 5) is 5.37. The molecule has 4 rings (SSSR count). The van der Waals surface area contributed by atoms with Gasteiger partial charge in [0.1, 0.15) is 22.8 Å². The second-order valence-electron chi connectivity index (χ2n) is 6.31. The van der Waals surface area contributed by atoms with Gasteiger partial charge in [-0.3, -0.25) is 8.78 Å². The molecule has 3 aromatic carbocycles. The molecule has 0 aliphatic carbocycles. The van der Waals surface area contributed by atoms with Crippen LogP contribution in [0.4, 0.5) is 0 Å². The summed E-state index contributed by atoms with van der Waals surface area (Å²) in [7, 11) is -1.01. The Labute approximate surface area is 171 Å². The number of aryl methyl sites for hydroxylation is 1. The SMILES string of the molecule is CCS(=O)c1cccc(Oc2cccc(-n3c(C)nc4c(Cl)cccc43)c2)c1. The second-order valence-corrected chi connectivity index (χ2v) is 8.46. The van der Waals surface area contributed by atoms with Gasteiger partial charge in [-0.15, -0.1) is 0 Å². The first-order valence-electron chi connectivity index (χ1n) is 8.97. The summed E-state index contributed by atoms with van der Waals surface area (Å²) in [6.07, 6.45) is 0. The van der Waals surface area contributed by atoms with Gasteiger partial charge < -0.3 is 4.74 Å². The molecule has 0 bridgehead atoms. The Bertz CT molecular complexity index is 1190. The van der Waals surface area contributed by atoms with Crippen LogP contribution in [0.5, 0.6) is 11.5 Å². The molecule has 0 fully saturated rings. The Hall–Kier alpha value is -2.63. The molecule has 0 saturated carbocycles. The number of fused-ring (bicyclic) bond motifs is 1. The third kappa shape index (κ3) is 3.55. The van der Waals surface area contributed by atoms with Crippen molar-refractivity contribution >= 4 is 33.4 Å². The van der Waals surface area contributed by atoms with Crippen LogP contribution in [0.3, 0.4) is 0 Å². The van der Waals surface area contributed by atoms with Crippen molar-refractivity contribution in [3.8, 4) is 17.2 Å². The Morgan fingerprint density at radius 1 is 1.04 bits per heavy atom. The molecular formula is C22H19ClN2O2S. The van der Waals surface area contributed by atoms with Crippen LogP contribution in [0.1, 0.15) is 12.7 Å². The van der Waals surface area contributed by atoms with Crippen LogP contribution < -0.4 is 4.74 Å². The molecule has 1 aromatic heterocycles. The molecule has 0 spiro atoms. The number of rotatable bonds is 5. The molecule has 1 heterocycles. The van der Waals surface area contributed by atoms with Crippen LogP contribution >= 0.6 is 11.6 Å². The lowest BCUT2D eigenvalue weighted by Gasteiger charge is -2.11. The molecular weight excluding hydrogens is 392 g/mol. The first-order chi connectivity index (χ1) is 13.6. The number of ether oxygens (including phenoxy) is 1. The maximum atomic E-state index is 12.1. The molecule has 6 heteroatoms. The van der Waals surface area contributed by atoms with Gasteiger partial charge >= 0.3 is 0 Å². The van der Waals surface area contributed by atoms with E-state index in [4.69, 9.17) is 16.3 Å². The minimum Gasteiger partial charge on any atom is -0.457 e. The number of para-hydroxylation sites is 1. The summed E-state index contributed by atoms with van der Waals surface area (Å²) < 4.78 is 20.1. The molecule has 142 valence electrons. The number of imidazole rings is 1. The zero-order valence-corrected chi connectivity index (χ0v) is 17.1. The van der Waals surface area contributed by atoms with Crippen molar-refractivity contribution in [2.45, 2.75) is 18.7 Å². The minimum atomic E-state index is -1.01. The molecule has 4 nitrogen and oxygen atoms in total. The highest BCUT2D eigenvalue weighted by atomic mass is 35.5. The summed E-state index contributed by atoms with van der Waals surface area (Å²) in [5.74, 6) is 2.78. The normalized spacial score (nSPS) is 12.2. The fraction of sp³-hybridized carbons (Fsp3) is 0.136. The van der Waals surface area contributed by atoms with Gasteiger partial charge in [0.2, 0.25) is 0 Å². The standard InChI is InChI=1S/C22H19ClN2O2S/c1-3-28(26)19-10-5-9-18(14-19)27-17-8-4-7-16(13-17)25-15(2)24-22-20(23)11-6-12-21(22)25/h4-14H,3H2,1-2H3. The van der Waals surface area contributed by atoms with Crippen molar-refractivity contribution in [3.63, 3.8) is 0 Å². The van der Waals surface area contributed by atoms with E-state index in [1.165, 1.54) is 0 Å². The number of hydrogen-bond donors (Lipinski definition) is 0. The van der Waals surface area contributed by atoms with Gasteiger partial charge in [-0.1, -0.05) is 36.7 Å². The summed E-state index contributed by atoms with van der Waals surface area (Å²) in [5, 5.41) is 0.632. The monoisotopic (exact) mass is 410 g/mol. The molecule has 0 N–H and O–H groups in total. The van der Waals surface area contributed by atoms with Crippen LogP contribution in [0, 0.1) is 6.92 Å². The van der Waals surface area contributed by atoms with E-state index in [-0.39, 0.29) is 0 Å². The third-order valence-corrected chi connectivity index (χ3v) is 6.05. The highest BCUT2D eigenvalue weighted by Gasteiger charge is 2.12. The maximum absolute atomic E-state index is 12.1. The molecule has 4 aromatic rings. The first-order valence-corrected chi connectivity index (χ1v) is 10.7. The van der Waals surface area contributed by atoms with Gasteiger partial charge in [0.25, 0.3) is 0 Å². The number of aromatic nitrogens is 2. The average molecular weight is 411 g/mol. The summed E-state index contributed by atoms with van der Waals surface area (Å²) in [5.41, 5.74) is 2.67. The van der Waals surface area contributed by atoms with Crippen LogP contribution in [0.25, 0.3) is 16.7 Å². The van der Waals surface area contributed by atoms with Gasteiger partial charge in [0.05, 0.1) is 27.0 Å². The van der Waals surface area contributed by atoms with Gasteiger partial charge in [0.15, 0.2) is 0 Å². The fourth-order valence-electron chi connectivity index (χ4n) is 3.18. The molecule has 1 unspecified atom stereocenters. The van der Waals surface area contributed by atoms with E-state index in [1.54, 1.807) is 0 Å². The van der Waals surface area contributed by atoms with Crippen LogP contribution in [0.2, 0.25) is 5.02 Å². The zero-order valence-electron chi connectivity index (χ0n) is 15.6. The van der Waals surface area contributed by atoms with E-state index >= 15 is 0 Å². The second kappa shape index (κ2) is 7.78. The van der Waals surface area contributed by atoms with Crippen molar-refractivity contribution in [2.75, 3.05) is 5.75 Å². The van der Waals surface area contributed by atoms with Gasteiger partial charge in [-0.2, -0.15) is 0 Å². The van der Waals surface area contributed by atoms with Gasteiger partial charge in [0, 0.05) is 16.7 Å². The number of halogens is 1. The lowest BCUT2D eigenvalue weighted by atomic mass is 10.2. The highest BCUT2D eigenvalue weighted by Crippen LogP contribution is 2.30.